The van der Waals surface area contributed by atoms with Crippen LogP contribution in [0.3, 0.4) is 0 Å². The Morgan fingerprint density at radius 3 is 2.72 bits per heavy atom. The van der Waals surface area contributed by atoms with Gasteiger partial charge >= 0.3 is 0 Å². The molecule has 0 spiro atoms. The highest BCUT2D eigenvalue weighted by Gasteiger charge is 2.24. The number of anilines is 1. The number of amides is 2. The van der Waals surface area contributed by atoms with Gasteiger partial charge in [-0.1, -0.05) is 0 Å². The van der Waals surface area contributed by atoms with Crippen LogP contribution in [-0.2, 0) is 4.79 Å². The highest BCUT2D eigenvalue weighted by atomic mass is 16.5. The van der Waals surface area contributed by atoms with Crippen molar-refractivity contribution in [1.82, 2.24) is 5.32 Å². The second-order valence-corrected chi connectivity index (χ2v) is 4.26. The molecule has 18 heavy (non-hydrogen) atoms. The Balaban J connectivity index is 2.08. The molecule has 0 unspecified atom stereocenters. The van der Waals surface area contributed by atoms with Crippen LogP contribution in [0, 0.1) is 0 Å². The van der Waals surface area contributed by atoms with E-state index in [9.17, 15) is 9.59 Å². The summed E-state index contributed by atoms with van der Waals surface area (Å²) in [6, 6.07) is 4.98. The van der Waals surface area contributed by atoms with Crippen LogP contribution in [0.4, 0.5) is 5.69 Å². The van der Waals surface area contributed by atoms with Gasteiger partial charge in [-0.2, -0.15) is 0 Å². The fourth-order valence-electron chi connectivity index (χ4n) is 1.45. The molecule has 0 radical (unpaired) electrons. The summed E-state index contributed by atoms with van der Waals surface area (Å²) in [4.78, 5) is 22.4. The van der Waals surface area contributed by atoms with Crippen LogP contribution in [-0.4, -0.2) is 24.5 Å². The number of hydrogen-bond donors (Lipinski definition) is 3. The first-order valence-electron chi connectivity index (χ1n) is 5.68. The summed E-state index contributed by atoms with van der Waals surface area (Å²) in [6.45, 7) is -0.266. The van der Waals surface area contributed by atoms with Crippen molar-refractivity contribution < 1.29 is 14.3 Å². The van der Waals surface area contributed by atoms with Crippen LogP contribution in [0.5, 0.6) is 5.75 Å². The smallest absolute Gasteiger partial charge is 0.255 e. The first-order valence-corrected chi connectivity index (χ1v) is 5.68. The summed E-state index contributed by atoms with van der Waals surface area (Å²) in [7, 11) is 0. The van der Waals surface area contributed by atoms with E-state index in [0.29, 0.717) is 11.3 Å². The van der Waals surface area contributed by atoms with Gasteiger partial charge in [-0.3, -0.25) is 9.59 Å². The zero-order valence-electron chi connectivity index (χ0n) is 9.81. The lowest BCUT2D eigenvalue weighted by molar-refractivity contribution is -0.119. The van der Waals surface area contributed by atoms with Gasteiger partial charge in [-0.05, 0) is 31.0 Å². The first kappa shape index (κ1) is 12.2. The molecule has 1 aromatic rings. The van der Waals surface area contributed by atoms with E-state index in [4.69, 9.17) is 16.2 Å². The van der Waals surface area contributed by atoms with Gasteiger partial charge in [0.25, 0.3) is 11.8 Å². The lowest BCUT2D eigenvalue weighted by atomic mass is 10.2. The predicted octanol–water partition coefficient (Wildman–Crippen LogP) is 0.0251. The van der Waals surface area contributed by atoms with Crippen molar-refractivity contribution in [3.8, 4) is 5.75 Å². The Kier molecular flexibility index (Phi) is 3.36. The fourth-order valence-corrected chi connectivity index (χ4v) is 1.45. The molecular formula is C12H15N3O3. The van der Waals surface area contributed by atoms with Crippen LogP contribution in [0.1, 0.15) is 23.2 Å². The van der Waals surface area contributed by atoms with E-state index in [1.165, 1.54) is 6.07 Å². The van der Waals surface area contributed by atoms with Gasteiger partial charge in [-0.25, -0.2) is 0 Å². The molecule has 1 fully saturated rings. The molecule has 0 heterocycles. The van der Waals surface area contributed by atoms with Crippen LogP contribution in [0.2, 0.25) is 0 Å². The Hall–Kier alpha value is -2.24. The molecule has 1 aliphatic rings. The van der Waals surface area contributed by atoms with Crippen molar-refractivity contribution in [1.29, 1.82) is 0 Å². The molecule has 1 saturated carbocycles. The topological polar surface area (TPSA) is 107 Å². The molecule has 1 aliphatic carbocycles. The third-order valence-electron chi connectivity index (χ3n) is 2.56. The third-order valence-corrected chi connectivity index (χ3v) is 2.56. The summed E-state index contributed by atoms with van der Waals surface area (Å²) in [5.41, 5.74) is 11.5. The number of nitrogens with two attached hydrogens (primary N) is 2. The lowest BCUT2D eigenvalue weighted by Crippen LogP contribution is -2.25. The molecule has 0 aliphatic heterocycles. The summed E-state index contributed by atoms with van der Waals surface area (Å²) in [5, 5.41) is 2.85. The van der Waals surface area contributed by atoms with Gasteiger partial charge in [0.1, 0.15) is 5.75 Å². The lowest BCUT2D eigenvalue weighted by Gasteiger charge is -2.09. The Morgan fingerprint density at radius 2 is 2.11 bits per heavy atom. The van der Waals surface area contributed by atoms with E-state index in [1.807, 2.05) is 0 Å². The zero-order chi connectivity index (χ0) is 13.1. The SMILES string of the molecule is NC(=O)COc1cc(C(=O)NC2CC2)ccc1N. The number of nitrogens with one attached hydrogen (secondary N) is 1. The van der Waals surface area contributed by atoms with Gasteiger partial charge in [-0.15, -0.1) is 0 Å². The average Bonchev–Trinajstić information content (AvgIpc) is 3.11. The van der Waals surface area contributed by atoms with Crippen molar-refractivity contribution >= 4 is 17.5 Å². The Labute approximate surface area is 104 Å². The molecule has 2 rings (SSSR count). The van der Waals surface area contributed by atoms with Crippen molar-refractivity contribution in [2.24, 2.45) is 5.73 Å². The summed E-state index contributed by atoms with van der Waals surface area (Å²) < 4.78 is 5.13. The molecule has 0 atom stereocenters. The largest absolute Gasteiger partial charge is 0.482 e. The molecule has 96 valence electrons. The maximum absolute atomic E-state index is 11.8. The van der Waals surface area contributed by atoms with Crippen LogP contribution >= 0.6 is 0 Å². The molecule has 0 saturated heterocycles. The third kappa shape index (κ3) is 3.13. The monoisotopic (exact) mass is 249 g/mol. The second-order valence-electron chi connectivity index (χ2n) is 4.26. The molecule has 6 nitrogen and oxygen atoms in total. The van der Waals surface area contributed by atoms with Gasteiger partial charge in [0.05, 0.1) is 5.69 Å². The molecule has 2 amide bonds. The van der Waals surface area contributed by atoms with E-state index in [-0.39, 0.29) is 24.3 Å². The molecule has 0 bridgehead atoms. The van der Waals surface area contributed by atoms with E-state index >= 15 is 0 Å². The minimum Gasteiger partial charge on any atom is -0.482 e. The number of rotatable bonds is 5. The normalized spacial score (nSPS) is 14.0. The van der Waals surface area contributed by atoms with Crippen molar-refractivity contribution in [3.63, 3.8) is 0 Å². The van der Waals surface area contributed by atoms with Crippen molar-refractivity contribution in [3.05, 3.63) is 23.8 Å². The number of carbonyl (C=O) groups excluding carboxylic acids is 2. The maximum atomic E-state index is 11.8. The number of benzene rings is 1. The summed E-state index contributed by atoms with van der Waals surface area (Å²) in [5.74, 6) is -0.471. The van der Waals surface area contributed by atoms with Gasteiger partial charge in [0.15, 0.2) is 6.61 Å². The zero-order valence-corrected chi connectivity index (χ0v) is 9.81. The van der Waals surface area contributed by atoms with Crippen LogP contribution in [0.15, 0.2) is 18.2 Å². The van der Waals surface area contributed by atoms with Crippen molar-refractivity contribution in [2.45, 2.75) is 18.9 Å². The van der Waals surface area contributed by atoms with Crippen molar-refractivity contribution in [2.75, 3.05) is 12.3 Å². The fraction of sp³-hybridized carbons (Fsp3) is 0.333. The first-order chi connectivity index (χ1) is 8.56. The summed E-state index contributed by atoms with van der Waals surface area (Å²) in [6.07, 6.45) is 2.04. The highest BCUT2D eigenvalue weighted by molar-refractivity contribution is 5.95. The van der Waals surface area contributed by atoms with Gasteiger partial charge in [0, 0.05) is 11.6 Å². The van der Waals surface area contributed by atoms with E-state index < -0.39 is 5.91 Å². The van der Waals surface area contributed by atoms with Gasteiger partial charge in [0.2, 0.25) is 0 Å². The van der Waals surface area contributed by atoms with E-state index in [0.717, 1.165) is 12.8 Å². The number of ether oxygens (including phenoxy) is 1. The summed E-state index contributed by atoms with van der Waals surface area (Å²) >= 11 is 0. The molecule has 1 aromatic carbocycles. The molecular weight excluding hydrogens is 234 g/mol. The molecule has 6 heteroatoms. The number of carbonyl (C=O) groups is 2. The number of nitrogen functional groups attached to an aromatic ring is 1. The maximum Gasteiger partial charge on any atom is 0.255 e. The molecule has 5 N–H and O–H groups in total. The van der Waals surface area contributed by atoms with Gasteiger partial charge < -0.3 is 21.5 Å². The number of hydrogen-bond acceptors (Lipinski definition) is 4. The predicted molar refractivity (Wildman–Crippen MR) is 66.0 cm³/mol. The minimum atomic E-state index is -0.595. The average molecular weight is 249 g/mol. The Bertz CT molecular complexity index is 483. The van der Waals surface area contributed by atoms with E-state index in [2.05, 4.69) is 5.32 Å². The quantitative estimate of drug-likeness (QED) is 0.639. The molecule has 0 aromatic heterocycles. The second kappa shape index (κ2) is 4.95. The Morgan fingerprint density at radius 1 is 1.39 bits per heavy atom. The van der Waals surface area contributed by atoms with E-state index in [1.54, 1.807) is 12.1 Å². The highest BCUT2D eigenvalue weighted by Crippen LogP contribution is 2.24. The van der Waals surface area contributed by atoms with Crippen LogP contribution in [0.25, 0.3) is 0 Å². The standard InChI is InChI=1S/C12H15N3O3/c13-9-4-1-7(12(17)15-8-2-3-8)5-10(9)18-6-11(14)16/h1,4-5,8H,2-3,6,13H2,(H2,14,16)(H,15,17). The number of primary amides is 1. The van der Waals surface area contributed by atoms with Crippen LogP contribution < -0.4 is 21.5 Å². The minimum absolute atomic E-state index is 0.165.